The van der Waals surface area contributed by atoms with Crippen molar-refractivity contribution in [3.63, 3.8) is 0 Å². The zero-order chi connectivity index (χ0) is 6.78. The van der Waals surface area contributed by atoms with E-state index in [1.54, 1.807) is 13.0 Å². The van der Waals surface area contributed by atoms with Crippen molar-refractivity contribution in [3.8, 4) is 0 Å². The van der Waals surface area contributed by atoms with Gasteiger partial charge in [-0.1, -0.05) is 22.0 Å². The highest BCUT2D eigenvalue weighted by atomic mass is 79.9. The van der Waals surface area contributed by atoms with Gasteiger partial charge in [-0.25, -0.2) is 0 Å². The first-order valence-corrected chi connectivity index (χ1v) is 3.30. The molecule has 0 spiro atoms. The molecule has 0 saturated heterocycles. The van der Waals surface area contributed by atoms with Crippen molar-refractivity contribution in [1.82, 2.24) is 0 Å². The Morgan fingerprint density at radius 3 is 2.25 bits per heavy atom. The standard InChI is InChI=1S/C6H11BrO/c1-4-6(3,7)5(2)8/h4-5,8H,1H2,2-3H3. The Hall–Kier alpha value is 0.180. The van der Waals surface area contributed by atoms with Crippen molar-refractivity contribution >= 4 is 15.9 Å². The lowest BCUT2D eigenvalue weighted by Gasteiger charge is -2.20. The molecule has 2 atom stereocenters. The summed E-state index contributed by atoms with van der Waals surface area (Å²) >= 11 is 3.28. The number of halogens is 1. The van der Waals surface area contributed by atoms with E-state index in [2.05, 4.69) is 22.5 Å². The molecule has 0 heterocycles. The molecule has 0 saturated carbocycles. The number of hydrogen-bond donors (Lipinski definition) is 1. The van der Waals surface area contributed by atoms with Gasteiger partial charge in [-0.3, -0.25) is 0 Å². The third-order valence-corrected chi connectivity index (χ3v) is 2.20. The van der Waals surface area contributed by atoms with Crippen LogP contribution in [0.3, 0.4) is 0 Å². The minimum Gasteiger partial charge on any atom is -0.392 e. The van der Waals surface area contributed by atoms with Crippen LogP contribution in [-0.4, -0.2) is 15.5 Å². The lowest BCUT2D eigenvalue weighted by molar-refractivity contribution is 0.175. The van der Waals surface area contributed by atoms with Crippen LogP contribution in [0.25, 0.3) is 0 Å². The molecule has 0 aliphatic heterocycles. The fourth-order valence-corrected chi connectivity index (χ4v) is 0.171. The van der Waals surface area contributed by atoms with Gasteiger partial charge in [0.15, 0.2) is 0 Å². The summed E-state index contributed by atoms with van der Waals surface area (Å²) in [5, 5.41) is 8.96. The summed E-state index contributed by atoms with van der Waals surface area (Å²) in [5.41, 5.74) is 0. The van der Waals surface area contributed by atoms with Crippen LogP contribution in [0.1, 0.15) is 13.8 Å². The SMILES string of the molecule is C=CC(C)(Br)C(C)O. The second-order valence-corrected chi connectivity index (χ2v) is 3.74. The number of aliphatic hydroxyl groups is 1. The van der Waals surface area contributed by atoms with Gasteiger partial charge in [0, 0.05) is 0 Å². The Morgan fingerprint density at radius 2 is 2.25 bits per heavy atom. The van der Waals surface area contributed by atoms with Crippen molar-refractivity contribution in [3.05, 3.63) is 12.7 Å². The molecule has 0 aromatic heterocycles. The van der Waals surface area contributed by atoms with E-state index in [1.807, 2.05) is 6.92 Å². The van der Waals surface area contributed by atoms with E-state index >= 15 is 0 Å². The Bertz CT molecular complexity index is 86.5. The van der Waals surface area contributed by atoms with Gasteiger partial charge in [-0.05, 0) is 13.8 Å². The second-order valence-electron chi connectivity index (χ2n) is 2.03. The quantitative estimate of drug-likeness (QED) is 0.505. The Labute approximate surface area is 58.5 Å². The molecule has 0 aliphatic rings. The molecular formula is C6H11BrO. The highest BCUT2D eigenvalue weighted by Gasteiger charge is 2.21. The molecule has 0 aromatic rings. The number of aliphatic hydroxyl groups excluding tert-OH is 1. The molecule has 48 valence electrons. The van der Waals surface area contributed by atoms with Crippen molar-refractivity contribution in [2.45, 2.75) is 24.3 Å². The molecule has 1 N–H and O–H groups in total. The van der Waals surface area contributed by atoms with Crippen LogP contribution in [0.15, 0.2) is 12.7 Å². The molecule has 2 unspecified atom stereocenters. The van der Waals surface area contributed by atoms with Gasteiger partial charge in [-0.15, -0.1) is 6.58 Å². The van der Waals surface area contributed by atoms with E-state index < -0.39 is 0 Å². The van der Waals surface area contributed by atoms with Gasteiger partial charge in [0.1, 0.15) is 0 Å². The van der Waals surface area contributed by atoms with Crippen molar-refractivity contribution in [1.29, 1.82) is 0 Å². The summed E-state index contributed by atoms with van der Waals surface area (Å²) in [5.74, 6) is 0. The van der Waals surface area contributed by atoms with Crippen molar-refractivity contribution < 1.29 is 5.11 Å². The largest absolute Gasteiger partial charge is 0.392 e. The van der Waals surface area contributed by atoms with Crippen LogP contribution in [0.5, 0.6) is 0 Å². The average Bonchev–Trinajstić information content (AvgIpc) is 1.67. The molecule has 2 heteroatoms. The molecule has 0 fully saturated rings. The van der Waals surface area contributed by atoms with E-state index in [-0.39, 0.29) is 10.4 Å². The van der Waals surface area contributed by atoms with Gasteiger partial charge in [0.05, 0.1) is 10.4 Å². The predicted octanol–water partition coefficient (Wildman–Crippen LogP) is 1.71. The summed E-state index contributed by atoms with van der Waals surface area (Å²) in [6.07, 6.45) is 1.29. The average molecular weight is 179 g/mol. The van der Waals surface area contributed by atoms with E-state index in [1.165, 1.54) is 0 Å². The first-order valence-electron chi connectivity index (χ1n) is 2.51. The molecule has 0 radical (unpaired) electrons. The van der Waals surface area contributed by atoms with Gasteiger partial charge >= 0.3 is 0 Å². The third kappa shape index (κ3) is 1.97. The second kappa shape index (κ2) is 2.65. The van der Waals surface area contributed by atoms with Crippen LogP contribution in [0.4, 0.5) is 0 Å². The molecule has 0 aromatic carbocycles. The maximum atomic E-state index is 8.96. The highest BCUT2D eigenvalue weighted by Crippen LogP contribution is 2.22. The summed E-state index contributed by atoms with van der Waals surface area (Å²) in [7, 11) is 0. The lowest BCUT2D eigenvalue weighted by Crippen LogP contribution is -2.27. The van der Waals surface area contributed by atoms with Gasteiger partial charge in [0.25, 0.3) is 0 Å². The first kappa shape index (κ1) is 8.18. The van der Waals surface area contributed by atoms with Crippen LogP contribution in [0, 0.1) is 0 Å². The zero-order valence-electron chi connectivity index (χ0n) is 5.19. The molecule has 0 amide bonds. The minimum absolute atomic E-state index is 0.326. The maximum Gasteiger partial charge on any atom is 0.0697 e. The van der Waals surface area contributed by atoms with Crippen molar-refractivity contribution in [2.75, 3.05) is 0 Å². The molecule has 0 aliphatic carbocycles. The van der Waals surface area contributed by atoms with Crippen LogP contribution < -0.4 is 0 Å². The van der Waals surface area contributed by atoms with E-state index in [0.717, 1.165) is 0 Å². The maximum absolute atomic E-state index is 8.96. The first-order chi connectivity index (χ1) is 3.50. The van der Waals surface area contributed by atoms with Gasteiger partial charge < -0.3 is 5.11 Å². The monoisotopic (exact) mass is 178 g/mol. The number of alkyl halides is 1. The number of rotatable bonds is 2. The Kier molecular flexibility index (Phi) is 2.71. The van der Waals surface area contributed by atoms with E-state index in [4.69, 9.17) is 5.11 Å². The Balaban J connectivity index is 3.90. The zero-order valence-corrected chi connectivity index (χ0v) is 6.77. The molecule has 1 nitrogen and oxygen atoms in total. The number of hydrogen-bond acceptors (Lipinski definition) is 1. The van der Waals surface area contributed by atoms with E-state index in [0.29, 0.717) is 0 Å². The lowest BCUT2D eigenvalue weighted by atomic mass is 10.1. The summed E-state index contributed by atoms with van der Waals surface area (Å²) in [6.45, 7) is 7.13. The highest BCUT2D eigenvalue weighted by molar-refractivity contribution is 9.10. The normalized spacial score (nSPS) is 21.5. The van der Waals surface area contributed by atoms with Gasteiger partial charge in [-0.2, -0.15) is 0 Å². The van der Waals surface area contributed by atoms with Crippen molar-refractivity contribution in [2.24, 2.45) is 0 Å². The van der Waals surface area contributed by atoms with E-state index in [9.17, 15) is 0 Å². The minimum atomic E-state index is -0.389. The summed E-state index contributed by atoms with van der Waals surface area (Å²) < 4.78 is -0.326. The molecule has 0 rings (SSSR count). The fourth-order valence-electron chi connectivity index (χ4n) is 0.171. The molecular weight excluding hydrogens is 168 g/mol. The third-order valence-electron chi connectivity index (χ3n) is 1.22. The van der Waals surface area contributed by atoms with Crippen LogP contribution in [0.2, 0.25) is 0 Å². The summed E-state index contributed by atoms with van der Waals surface area (Å²) in [6, 6.07) is 0. The smallest absolute Gasteiger partial charge is 0.0697 e. The predicted molar refractivity (Wildman–Crippen MR) is 39.2 cm³/mol. The van der Waals surface area contributed by atoms with Crippen LogP contribution >= 0.6 is 15.9 Å². The molecule has 8 heavy (non-hydrogen) atoms. The Morgan fingerprint density at radius 1 is 1.88 bits per heavy atom. The fraction of sp³-hybridized carbons (Fsp3) is 0.667. The topological polar surface area (TPSA) is 20.2 Å². The summed E-state index contributed by atoms with van der Waals surface area (Å²) in [4.78, 5) is 0. The van der Waals surface area contributed by atoms with Gasteiger partial charge in [0.2, 0.25) is 0 Å². The molecule has 0 bridgehead atoms. The van der Waals surface area contributed by atoms with Crippen LogP contribution in [-0.2, 0) is 0 Å².